The summed E-state index contributed by atoms with van der Waals surface area (Å²) in [6.07, 6.45) is 0. The Hall–Kier alpha value is -7.56. The van der Waals surface area contributed by atoms with E-state index in [0.29, 0.717) is 5.82 Å². The van der Waals surface area contributed by atoms with Crippen LogP contribution in [0.5, 0.6) is 0 Å². The van der Waals surface area contributed by atoms with E-state index in [1.165, 1.54) is 0 Å². The molecular weight excluding hydrogens is 683 g/mol. The van der Waals surface area contributed by atoms with Crippen LogP contribution in [-0.4, -0.2) is 14.5 Å². The zero-order valence-electron chi connectivity index (χ0n) is 30.3. The zero-order valence-corrected chi connectivity index (χ0v) is 30.3. The number of rotatable bonds is 6. The van der Waals surface area contributed by atoms with Crippen molar-refractivity contribution in [2.45, 2.75) is 0 Å². The standard InChI is InChI=1S/C52H33N3O/c1-5-17-34(18-6-1)42-31-38(52-53-44(36-21-9-3-10-22-36)33-45(54-52)37-23-11-4-12-24-37)32-43(35-19-7-2-8-20-35)50(42)55-46-27-15-13-26-41(46)49-47(55)30-29-40-39-25-14-16-28-48(39)56-51(40)49/h1-33H. The second-order valence-electron chi connectivity index (χ2n) is 14.1. The molecule has 0 saturated heterocycles. The van der Waals surface area contributed by atoms with Crippen molar-refractivity contribution in [2.24, 2.45) is 0 Å². The molecule has 0 fully saturated rings. The summed E-state index contributed by atoms with van der Waals surface area (Å²) in [6, 6.07) is 70.2. The molecule has 8 aromatic carbocycles. The molecule has 3 aromatic heterocycles. The largest absolute Gasteiger partial charge is 0.455 e. The smallest absolute Gasteiger partial charge is 0.160 e. The first kappa shape index (κ1) is 31.9. The Morgan fingerprint density at radius 2 is 0.875 bits per heavy atom. The first-order valence-electron chi connectivity index (χ1n) is 18.9. The van der Waals surface area contributed by atoms with E-state index in [1.54, 1.807) is 0 Å². The lowest BCUT2D eigenvalue weighted by atomic mass is 9.92. The predicted octanol–water partition coefficient (Wildman–Crippen LogP) is 13.8. The Kier molecular flexibility index (Phi) is 7.46. The van der Waals surface area contributed by atoms with Gasteiger partial charge in [0.2, 0.25) is 0 Å². The van der Waals surface area contributed by atoms with Crippen molar-refractivity contribution in [3.8, 4) is 61.8 Å². The summed E-state index contributed by atoms with van der Waals surface area (Å²) in [5.74, 6) is 0.664. The third-order valence-electron chi connectivity index (χ3n) is 10.8. The van der Waals surface area contributed by atoms with E-state index in [2.05, 4.69) is 187 Å². The maximum absolute atomic E-state index is 6.70. The number of benzene rings is 8. The van der Waals surface area contributed by atoms with Gasteiger partial charge in [-0.2, -0.15) is 0 Å². The summed E-state index contributed by atoms with van der Waals surface area (Å²) in [5, 5.41) is 4.47. The van der Waals surface area contributed by atoms with E-state index < -0.39 is 0 Å². The van der Waals surface area contributed by atoms with Gasteiger partial charge in [-0.05, 0) is 53.6 Å². The summed E-state index contributed by atoms with van der Waals surface area (Å²) >= 11 is 0. The molecule has 0 aliphatic rings. The lowest BCUT2D eigenvalue weighted by Crippen LogP contribution is -2.03. The minimum absolute atomic E-state index is 0.664. The fourth-order valence-corrected chi connectivity index (χ4v) is 8.25. The number of fused-ring (bicyclic) bond motifs is 7. The van der Waals surface area contributed by atoms with Crippen LogP contribution in [0.15, 0.2) is 205 Å². The number of hydrogen-bond donors (Lipinski definition) is 0. The van der Waals surface area contributed by atoms with Crippen LogP contribution >= 0.6 is 0 Å². The number of aromatic nitrogens is 3. The Balaban J connectivity index is 1.26. The van der Waals surface area contributed by atoms with Gasteiger partial charge in [0.05, 0.1) is 33.5 Å². The molecule has 0 saturated carbocycles. The van der Waals surface area contributed by atoms with Gasteiger partial charge < -0.3 is 8.98 Å². The summed E-state index contributed by atoms with van der Waals surface area (Å²) in [6.45, 7) is 0. The maximum Gasteiger partial charge on any atom is 0.160 e. The van der Waals surface area contributed by atoms with Crippen LogP contribution in [0.2, 0.25) is 0 Å². The normalized spacial score (nSPS) is 11.6. The van der Waals surface area contributed by atoms with Gasteiger partial charge in [-0.3, -0.25) is 0 Å². The van der Waals surface area contributed by atoms with Crippen molar-refractivity contribution in [1.82, 2.24) is 14.5 Å². The molecule has 0 amide bonds. The van der Waals surface area contributed by atoms with E-state index in [-0.39, 0.29) is 0 Å². The fraction of sp³-hybridized carbons (Fsp3) is 0. The fourth-order valence-electron chi connectivity index (χ4n) is 8.25. The molecule has 4 nitrogen and oxygen atoms in total. The van der Waals surface area contributed by atoms with Gasteiger partial charge in [-0.1, -0.05) is 158 Å². The molecule has 0 spiro atoms. The van der Waals surface area contributed by atoms with E-state index in [9.17, 15) is 0 Å². The quantitative estimate of drug-likeness (QED) is 0.172. The second-order valence-corrected chi connectivity index (χ2v) is 14.1. The van der Waals surface area contributed by atoms with Crippen LogP contribution in [0.1, 0.15) is 0 Å². The Bertz CT molecular complexity index is 3100. The summed E-state index contributed by atoms with van der Waals surface area (Å²) in [5.41, 5.74) is 14.1. The summed E-state index contributed by atoms with van der Waals surface area (Å²) in [4.78, 5) is 10.6. The first-order valence-corrected chi connectivity index (χ1v) is 18.9. The van der Waals surface area contributed by atoms with Gasteiger partial charge in [0.15, 0.2) is 5.82 Å². The van der Waals surface area contributed by atoms with Gasteiger partial charge >= 0.3 is 0 Å². The maximum atomic E-state index is 6.70. The third-order valence-corrected chi connectivity index (χ3v) is 10.8. The van der Waals surface area contributed by atoms with Crippen LogP contribution in [0.25, 0.3) is 106 Å². The molecule has 0 bridgehead atoms. The van der Waals surface area contributed by atoms with Crippen molar-refractivity contribution in [3.63, 3.8) is 0 Å². The SMILES string of the molecule is c1ccc(-c2cc(-c3ccccc3)nc(-c3cc(-c4ccccc4)c(-n4c5ccccc5c5c6oc7ccccc7c6ccc54)c(-c4ccccc4)c3)n2)cc1. The third kappa shape index (κ3) is 5.23. The molecule has 0 aliphatic carbocycles. The van der Waals surface area contributed by atoms with Crippen LogP contribution in [-0.2, 0) is 0 Å². The van der Waals surface area contributed by atoms with E-state index in [0.717, 1.165) is 99.8 Å². The minimum Gasteiger partial charge on any atom is -0.455 e. The molecule has 0 unspecified atom stereocenters. The highest BCUT2D eigenvalue weighted by molar-refractivity contribution is 6.24. The molecule has 11 aromatic rings. The molecule has 3 heterocycles. The van der Waals surface area contributed by atoms with Crippen molar-refractivity contribution >= 4 is 43.7 Å². The minimum atomic E-state index is 0.664. The Morgan fingerprint density at radius 3 is 1.46 bits per heavy atom. The average Bonchev–Trinajstić information content (AvgIpc) is 3.83. The molecule has 56 heavy (non-hydrogen) atoms. The topological polar surface area (TPSA) is 43.9 Å². The number of furan rings is 1. The van der Waals surface area contributed by atoms with Crippen LogP contribution in [0.3, 0.4) is 0 Å². The summed E-state index contributed by atoms with van der Waals surface area (Å²) < 4.78 is 9.13. The van der Waals surface area contributed by atoms with E-state index in [4.69, 9.17) is 14.4 Å². The van der Waals surface area contributed by atoms with Crippen molar-refractivity contribution < 1.29 is 4.42 Å². The molecule has 262 valence electrons. The molecule has 0 aliphatic heterocycles. The van der Waals surface area contributed by atoms with Gasteiger partial charge in [0, 0.05) is 44.0 Å². The zero-order chi connectivity index (χ0) is 37.0. The monoisotopic (exact) mass is 715 g/mol. The van der Waals surface area contributed by atoms with Gasteiger partial charge in [-0.15, -0.1) is 0 Å². The number of para-hydroxylation sites is 2. The van der Waals surface area contributed by atoms with E-state index >= 15 is 0 Å². The highest BCUT2D eigenvalue weighted by Crippen LogP contribution is 2.46. The van der Waals surface area contributed by atoms with Gasteiger partial charge in [0.25, 0.3) is 0 Å². The van der Waals surface area contributed by atoms with Crippen LogP contribution in [0.4, 0.5) is 0 Å². The molecule has 0 N–H and O–H groups in total. The Labute approximate surface area is 323 Å². The molecule has 0 radical (unpaired) electrons. The number of nitrogens with zero attached hydrogens (tertiary/aromatic N) is 3. The van der Waals surface area contributed by atoms with Crippen LogP contribution in [0, 0.1) is 0 Å². The molecular formula is C52H33N3O. The first-order chi connectivity index (χ1) is 27.8. The van der Waals surface area contributed by atoms with E-state index in [1.807, 2.05) is 18.2 Å². The average molecular weight is 716 g/mol. The second kappa shape index (κ2) is 13.1. The van der Waals surface area contributed by atoms with Crippen LogP contribution < -0.4 is 0 Å². The highest BCUT2D eigenvalue weighted by Gasteiger charge is 2.24. The van der Waals surface area contributed by atoms with Crippen molar-refractivity contribution in [1.29, 1.82) is 0 Å². The molecule has 11 rings (SSSR count). The lowest BCUT2D eigenvalue weighted by molar-refractivity contribution is 0.673. The van der Waals surface area contributed by atoms with Crippen molar-refractivity contribution in [2.75, 3.05) is 0 Å². The highest BCUT2D eigenvalue weighted by atomic mass is 16.3. The Morgan fingerprint density at radius 1 is 0.375 bits per heavy atom. The molecule has 0 atom stereocenters. The number of hydrogen-bond acceptors (Lipinski definition) is 3. The van der Waals surface area contributed by atoms with Crippen molar-refractivity contribution in [3.05, 3.63) is 200 Å². The van der Waals surface area contributed by atoms with Gasteiger partial charge in [0.1, 0.15) is 11.2 Å². The predicted molar refractivity (Wildman–Crippen MR) is 231 cm³/mol. The molecule has 4 heteroatoms. The lowest BCUT2D eigenvalue weighted by Gasteiger charge is -2.21. The summed E-state index contributed by atoms with van der Waals surface area (Å²) in [7, 11) is 0. The van der Waals surface area contributed by atoms with Gasteiger partial charge in [-0.25, -0.2) is 9.97 Å².